The van der Waals surface area contributed by atoms with Crippen molar-refractivity contribution in [1.82, 2.24) is 9.88 Å². The number of hydrogen-bond acceptors (Lipinski definition) is 4. The zero-order valence-corrected chi connectivity index (χ0v) is 18.3. The number of hydrogen-bond donors (Lipinski definition) is 0. The number of benzene rings is 2. The summed E-state index contributed by atoms with van der Waals surface area (Å²) in [5.41, 5.74) is 5.31. The zero-order valence-electron chi connectivity index (χ0n) is 17.5. The molecule has 0 aliphatic rings. The molecule has 2 aromatic carbocycles. The van der Waals surface area contributed by atoms with Crippen LogP contribution in [0.2, 0.25) is 0 Å². The van der Waals surface area contributed by atoms with Gasteiger partial charge >= 0.3 is 0 Å². The van der Waals surface area contributed by atoms with E-state index in [0.717, 1.165) is 45.9 Å². The molecule has 0 saturated heterocycles. The number of rotatable bonds is 7. The Hall–Kier alpha value is -2.24. The topological polar surface area (TPSA) is 36.4 Å². The maximum Gasteiger partial charge on any atom is 0.260 e. The Balaban J connectivity index is 1.95. The molecular formula is C23H29N3OS. The number of thiazole rings is 1. The van der Waals surface area contributed by atoms with Crippen molar-refractivity contribution in [3.05, 3.63) is 58.7 Å². The molecule has 0 radical (unpaired) electrons. The summed E-state index contributed by atoms with van der Waals surface area (Å²) in [4.78, 5) is 22.1. The van der Waals surface area contributed by atoms with Gasteiger partial charge in [0.05, 0.1) is 10.2 Å². The van der Waals surface area contributed by atoms with Crippen molar-refractivity contribution < 1.29 is 4.79 Å². The minimum absolute atomic E-state index is 0.0247. The number of nitrogens with zero attached hydrogens (tertiary/aromatic N) is 3. The van der Waals surface area contributed by atoms with Crippen LogP contribution in [0.4, 0.5) is 5.13 Å². The van der Waals surface area contributed by atoms with Gasteiger partial charge in [-0.25, -0.2) is 4.98 Å². The van der Waals surface area contributed by atoms with E-state index in [1.54, 1.807) is 11.3 Å². The molecular weight excluding hydrogens is 366 g/mol. The van der Waals surface area contributed by atoms with Gasteiger partial charge in [-0.15, -0.1) is 0 Å². The van der Waals surface area contributed by atoms with E-state index >= 15 is 0 Å². The van der Waals surface area contributed by atoms with Gasteiger partial charge < -0.3 is 4.90 Å². The minimum atomic E-state index is 0.0247. The number of carbonyl (C=O) groups is 1. The summed E-state index contributed by atoms with van der Waals surface area (Å²) in [6.45, 7) is 7.86. The van der Waals surface area contributed by atoms with E-state index in [0.29, 0.717) is 6.54 Å². The number of aromatic nitrogens is 1. The van der Waals surface area contributed by atoms with Gasteiger partial charge in [-0.1, -0.05) is 30.4 Å². The Morgan fingerprint density at radius 3 is 2.50 bits per heavy atom. The summed E-state index contributed by atoms with van der Waals surface area (Å²) >= 11 is 1.60. The van der Waals surface area contributed by atoms with Gasteiger partial charge in [0.2, 0.25) is 0 Å². The molecule has 4 nitrogen and oxygen atoms in total. The van der Waals surface area contributed by atoms with Crippen molar-refractivity contribution in [3.63, 3.8) is 0 Å². The standard InChI is InChI=1S/C23H29N3OS/c1-6-18-9-11-20-21(15-18)28-23(24-20)26(13-7-12-25(4)5)22(27)19-10-8-16(2)17(3)14-19/h8-11,14-15H,6-7,12-13H2,1-5H3. The average molecular weight is 396 g/mol. The van der Waals surface area contributed by atoms with E-state index in [9.17, 15) is 4.79 Å². The van der Waals surface area contributed by atoms with Crippen molar-refractivity contribution >= 4 is 32.6 Å². The van der Waals surface area contributed by atoms with Gasteiger partial charge in [0.25, 0.3) is 5.91 Å². The molecule has 148 valence electrons. The second kappa shape index (κ2) is 8.84. The molecule has 0 saturated carbocycles. The molecule has 0 fully saturated rings. The van der Waals surface area contributed by atoms with Gasteiger partial charge in [-0.2, -0.15) is 0 Å². The third-order valence-corrected chi connectivity index (χ3v) is 6.11. The van der Waals surface area contributed by atoms with Crippen LogP contribution in [-0.2, 0) is 6.42 Å². The van der Waals surface area contributed by atoms with Crippen LogP contribution >= 0.6 is 11.3 Å². The fourth-order valence-electron chi connectivity index (χ4n) is 3.15. The number of amides is 1. The van der Waals surface area contributed by atoms with E-state index in [-0.39, 0.29) is 5.91 Å². The van der Waals surface area contributed by atoms with E-state index in [1.165, 1.54) is 11.1 Å². The SMILES string of the molecule is CCc1ccc2nc(N(CCCN(C)C)C(=O)c3ccc(C)c(C)c3)sc2c1. The highest BCUT2D eigenvalue weighted by Gasteiger charge is 2.21. The monoisotopic (exact) mass is 395 g/mol. The molecule has 1 aromatic heterocycles. The third-order valence-electron chi connectivity index (χ3n) is 5.07. The highest BCUT2D eigenvalue weighted by molar-refractivity contribution is 7.22. The molecule has 0 bridgehead atoms. The van der Waals surface area contributed by atoms with E-state index in [1.807, 2.05) is 30.0 Å². The molecule has 1 amide bonds. The first kappa shape index (κ1) is 20.5. The molecule has 28 heavy (non-hydrogen) atoms. The van der Waals surface area contributed by atoms with Crippen LogP contribution in [0.5, 0.6) is 0 Å². The molecule has 3 rings (SSSR count). The Labute approximate surface area is 171 Å². The highest BCUT2D eigenvalue weighted by atomic mass is 32.1. The second-order valence-corrected chi connectivity index (χ2v) is 8.57. The van der Waals surface area contributed by atoms with Crippen LogP contribution < -0.4 is 4.90 Å². The van der Waals surface area contributed by atoms with Crippen LogP contribution in [0.25, 0.3) is 10.2 Å². The van der Waals surface area contributed by atoms with E-state index in [2.05, 4.69) is 51.0 Å². The lowest BCUT2D eigenvalue weighted by molar-refractivity contribution is 0.0986. The predicted molar refractivity (Wildman–Crippen MR) is 120 cm³/mol. The number of aryl methyl sites for hydroxylation is 3. The lowest BCUT2D eigenvalue weighted by Gasteiger charge is -2.21. The lowest BCUT2D eigenvalue weighted by Crippen LogP contribution is -2.33. The quantitative estimate of drug-likeness (QED) is 0.560. The molecule has 0 atom stereocenters. The van der Waals surface area contributed by atoms with Crippen molar-refractivity contribution in [2.45, 2.75) is 33.6 Å². The maximum atomic E-state index is 13.4. The molecule has 1 heterocycles. The minimum Gasteiger partial charge on any atom is -0.309 e. The van der Waals surface area contributed by atoms with Gasteiger partial charge in [0.1, 0.15) is 0 Å². The molecule has 3 aromatic rings. The van der Waals surface area contributed by atoms with Crippen LogP contribution in [0, 0.1) is 13.8 Å². The van der Waals surface area contributed by atoms with E-state index < -0.39 is 0 Å². The van der Waals surface area contributed by atoms with E-state index in [4.69, 9.17) is 4.98 Å². The van der Waals surface area contributed by atoms with Crippen molar-refractivity contribution in [3.8, 4) is 0 Å². The Bertz CT molecular complexity index is 977. The van der Waals surface area contributed by atoms with Crippen LogP contribution in [-0.4, -0.2) is 43.0 Å². The number of anilines is 1. The smallest absolute Gasteiger partial charge is 0.260 e. The fourth-order valence-corrected chi connectivity index (χ4v) is 4.21. The molecule has 0 spiro atoms. The van der Waals surface area contributed by atoms with Crippen LogP contribution in [0.15, 0.2) is 36.4 Å². The van der Waals surface area contributed by atoms with Crippen LogP contribution in [0.3, 0.4) is 0 Å². The summed E-state index contributed by atoms with van der Waals surface area (Å²) in [6, 6.07) is 12.3. The summed E-state index contributed by atoms with van der Waals surface area (Å²) in [7, 11) is 4.11. The normalized spacial score (nSPS) is 11.4. The Kier molecular flexibility index (Phi) is 6.47. The molecule has 0 unspecified atom stereocenters. The summed E-state index contributed by atoms with van der Waals surface area (Å²) in [6.07, 6.45) is 1.90. The van der Waals surface area contributed by atoms with Crippen LogP contribution in [0.1, 0.15) is 40.4 Å². The summed E-state index contributed by atoms with van der Waals surface area (Å²) in [5, 5.41) is 0.783. The highest BCUT2D eigenvalue weighted by Crippen LogP contribution is 2.31. The van der Waals surface area contributed by atoms with Gasteiger partial charge in [-0.3, -0.25) is 9.69 Å². The fraction of sp³-hybridized carbons (Fsp3) is 0.391. The number of fused-ring (bicyclic) bond motifs is 1. The molecule has 0 aliphatic carbocycles. The van der Waals surface area contributed by atoms with Crippen molar-refractivity contribution in [1.29, 1.82) is 0 Å². The molecule has 0 N–H and O–H groups in total. The summed E-state index contributed by atoms with van der Waals surface area (Å²) in [5.74, 6) is 0.0247. The van der Waals surface area contributed by atoms with Gasteiger partial charge in [0.15, 0.2) is 5.13 Å². The largest absolute Gasteiger partial charge is 0.309 e. The van der Waals surface area contributed by atoms with Crippen molar-refractivity contribution in [2.24, 2.45) is 0 Å². The first-order valence-corrected chi connectivity index (χ1v) is 10.6. The average Bonchev–Trinajstić information content (AvgIpc) is 3.09. The Morgan fingerprint density at radius 2 is 1.82 bits per heavy atom. The second-order valence-electron chi connectivity index (χ2n) is 7.56. The zero-order chi connectivity index (χ0) is 20.3. The van der Waals surface area contributed by atoms with Gasteiger partial charge in [-0.05, 0) is 88.3 Å². The first-order chi connectivity index (χ1) is 13.4. The maximum absolute atomic E-state index is 13.4. The number of carbonyl (C=O) groups excluding carboxylic acids is 1. The first-order valence-electron chi connectivity index (χ1n) is 9.82. The third kappa shape index (κ3) is 4.59. The predicted octanol–water partition coefficient (Wildman–Crippen LogP) is 5.07. The molecule has 0 aliphatic heterocycles. The lowest BCUT2D eigenvalue weighted by atomic mass is 10.1. The molecule has 5 heteroatoms. The summed E-state index contributed by atoms with van der Waals surface area (Å²) < 4.78 is 1.14. The van der Waals surface area contributed by atoms with Crippen molar-refractivity contribution in [2.75, 3.05) is 32.1 Å². The Morgan fingerprint density at radius 1 is 1.04 bits per heavy atom. The van der Waals surface area contributed by atoms with Gasteiger partial charge in [0, 0.05) is 12.1 Å².